The standard InChI is InChI=1S/C21H28N2O3S/c1-25-18-7-6-8-19(13-18)26-15-21(24)22-14-20(17-9-12-27-16-17)23-10-4-2-3-5-11-23/h6-9,12-13,16,20H,2-5,10-11,14-15H2,1H3,(H,22,24)/t20-/m1/s1. The van der Waals surface area contributed by atoms with Crippen molar-refractivity contribution in [2.75, 3.05) is 33.4 Å². The Hall–Kier alpha value is -2.05. The first kappa shape index (κ1) is 19.7. The number of nitrogens with one attached hydrogen (secondary N) is 1. The molecule has 5 nitrogen and oxygen atoms in total. The van der Waals surface area contributed by atoms with Gasteiger partial charge in [-0.2, -0.15) is 11.3 Å². The predicted octanol–water partition coefficient (Wildman–Crippen LogP) is 3.87. The molecule has 0 saturated carbocycles. The molecule has 1 atom stereocenters. The zero-order chi connectivity index (χ0) is 18.9. The first-order valence-corrected chi connectivity index (χ1v) is 10.5. The van der Waals surface area contributed by atoms with Crippen LogP contribution in [0.5, 0.6) is 11.5 Å². The topological polar surface area (TPSA) is 50.8 Å². The summed E-state index contributed by atoms with van der Waals surface area (Å²) in [6.07, 6.45) is 5.06. The Bertz CT molecular complexity index is 697. The Morgan fingerprint density at radius 2 is 1.96 bits per heavy atom. The van der Waals surface area contributed by atoms with E-state index >= 15 is 0 Å². The van der Waals surface area contributed by atoms with Crippen LogP contribution in [0.25, 0.3) is 0 Å². The number of thiophene rings is 1. The van der Waals surface area contributed by atoms with E-state index in [9.17, 15) is 4.79 Å². The molecule has 2 aromatic rings. The zero-order valence-electron chi connectivity index (χ0n) is 15.9. The minimum Gasteiger partial charge on any atom is -0.497 e. The smallest absolute Gasteiger partial charge is 0.258 e. The van der Waals surface area contributed by atoms with Crippen molar-refractivity contribution in [3.8, 4) is 11.5 Å². The van der Waals surface area contributed by atoms with Crippen LogP contribution in [0.2, 0.25) is 0 Å². The molecule has 1 aliphatic heterocycles. The van der Waals surface area contributed by atoms with Gasteiger partial charge in [0.25, 0.3) is 5.91 Å². The molecule has 3 rings (SSSR count). The lowest BCUT2D eigenvalue weighted by Gasteiger charge is -2.30. The van der Waals surface area contributed by atoms with E-state index in [2.05, 4.69) is 27.0 Å². The van der Waals surface area contributed by atoms with Crippen molar-refractivity contribution in [3.63, 3.8) is 0 Å². The predicted molar refractivity (Wildman–Crippen MR) is 109 cm³/mol. The molecule has 1 aliphatic rings. The minimum atomic E-state index is -0.104. The van der Waals surface area contributed by atoms with E-state index in [1.165, 1.54) is 31.2 Å². The van der Waals surface area contributed by atoms with E-state index in [1.807, 2.05) is 18.2 Å². The lowest BCUT2D eigenvalue weighted by molar-refractivity contribution is -0.123. The van der Waals surface area contributed by atoms with Crippen LogP contribution >= 0.6 is 11.3 Å². The van der Waals surface area contributed by atoms with Crippen molar-refractivity contribution >= 4 is 17.2 Å². The Balaban J connectivity index is 1.53. The first-order valence-electron chi connectivity index (χ1n) is 9.56. The van der Waals surface area contributed by atoms with Gasteiger partial charge in [-0.1, -0.05) is 18.9 Å². The number of likely N-dealkylation sites (tertiary alicyclic amines) is 1. The van der Waals surface area contributed by atoms with Crippen LogP contribution in [0.4, 0.5) is 0 Å². The monoisotopic (exact) mass is 388 g/mol. The van der Waals surface area contributed by atoms with Gasteiger partial charge < -0.3 is 14.8 Å². The quantitative estimate of drug-likeness (QED) is 0.746. The molecule has 0 spiro atoms. The van der Waals surface area contributed by atoms with E-state index in [0.29, 0.717) is 18.0 Å². The average molecular weight is 389 g/mol. The van der Waals surface area contributed by atoms with Gasteiger partial charge in [0.2, 0.25) is 0 Å². The molecule has 2 heterocycles. The highest BCUT2D eigenvalue weighted by atomic mass is 32.1. The summed E-state index contributed by atoms with van der Waals surface area (Å²) in [4.78, 5) is 14.8. The molecule has 1 N–H and O–H groups in total. The molecule has 0 radical (unpaired) electrons. The molecule has 1 fully saturated rings. The van der Waals surface area contributed by atoms with Gasteiger partial charge in [0.05, 0.1) is 13.2 Å². The van der Waals surface area contributed by atoms with Crippen LogP contribution in [0, 0.1) is 0 Å². The summed E-state index contributed by atoms with van der Waals surface area (Å²) in [6.45, 7) is 2.80. The third-order valence-electron chi connectivity index (χ3n) is 4.91. The van der Waals surface area contributed by atoms with E-state index < -0.39 is 0 Å². The van der Waals surface area contributed by atoms with E-state index in [-0.39, 0.29) is 18.6 Å². The average Bonchev–Trinajstić information content (AvgIpc) is 3.09. The summed E-state index contributed by atoms with van der Waals surface area (Å²) in [5, 5.41) is 7.35. The summed E-state index contributed by atoms with van der Waals surface area (Å²) >= 11 is 1.71. The Morgan fingerprint density at radius 1 is 1.19 bits per heavy atom. The van der Waals surface area contributed by atoms with Gasteiger partial charge in [0.15, 0.2) is 6.61 Å². The molecule has 0 bridgehead atoms. The maximum absolute atomic E-state index is 12.3. The Morgan fingerprint density at radius 3 is 2.67 bits per heavy atom. The second-order valence-electron chi connectivity index (χ2n) is 6.79. The van der Waals surface area contributed by atoms with E-state index in [1.54, 1.807) is 24.5 Å². The van der Waals surface area contributed by atoms with Crippen molar-refractivity contribution in [2.24, 2.45) is 0 Å². The number of carbonyl (C=O) groups excluding carboxylic acids is 1. The number of rotatable bonds is 8. The highest BCUT2D eigenvalue weighted by Gasteiger charge is 2.22. The van der Waals surface area contributed by atoms with Crippen LogP contribution in [0.1, 0.15) is 37.3 Å². The third kappa shape index (κ3) is 5.97. The molecule has 146 valence electrons. The van der Waals surface area contributed by atoms with Gasteiger partial charge in [-0.25, -0.2) is 0 Å². The SMILES string of the molecule is COc1cccc(OCC(=O)NC[C@H](c2ccsc2)N2CCCCCC2)c1. The third-order valence-corrected chi connectivity index (χ3v) is 5.61. The van der Waals surface area contributed by atoms with Crippen molar-refractivity contribution in [1.29, 1.82) is 0 Å². The fourth-order valence-corrected chi connectivity index (χ4v) is 4.14. The second-order valence-corrected chi connectivity index (χ2v) is 7.57. The first-order chi connectivity index (χ1) is 13.3. The molecular formula is C21H28N2O3S. The van der Waals surface area contributed by atoms with E-state index in [0.717, 1.165) is 13.1 Å². The molecule has 0 aliphatic carbocycles. The largest absolute Gasteiger partial charge is 0.497 e. The summed E-state index contributed by atoms with van der Waals surface area (Å²) in [5.41, 5.74) is 1.29. The molecule has 6 heteroatoms. The maximum Gasteiger partial charge on any atom is 0.258 e. The summed E-state index contributed by atoms with van der Waals surface area (Å²) in [6, 6.07) is 9.69. The number of benzene rings is 1. The van der Waals surface area contributed by atoms with Gasteiger partial charge in [-0.3, -0.25) is 9.69 Å². The second kappa shape index (κ2) is 10.3. The summed E-state index contributed by atoms with van der Waals surface area (Å²) in [5.74, 6) is 1.24. The highest BCUT2D eigenvalue weighted by molar-refractivity contribution is 7.07. The number of methoxy groups -OCH3 is 1. The Labute approximate surface area is 165 Å². The lowest BCUT2D eigenvalue weighted by atomic mass is 10.1. The molecule has 1 aromatic heterocycles. The summed E-state index contributed by atoms with van der Waals surface area (Å²) in [7, 11) is 1.61. The minimum absolute atomic E-state index is 0.00350. The van der Waals surface area contributed by atoms with Gasteiger partial charge in [-0.05, 0) is 60.5 Å². The zero-order valence-corrected chi connectivity index (χ0v) is 16.7. The number of amides is 1. The normalized spacial score (nSPS) is 16.3. The highest BCUT2D eigenvalue weighted by Crippen LogP contribution is 2.25. The number of ether oxygens (including phenoxy) is 2. The molecule has 1 amide bonds. The van der Waals surface area contributed by atoms with Crippen molar-refractivity contribution in [3.05, 3.63) is 46.7 Å². The number of hydrogen-bond donors (Lipinski definition) is 1. The number of nitrogens with zero attached hydrogens (tertiary/aromatic N) is 1. The van der Waals surface area contributed by atoms with Crippen LogP contribution < -0.4 is 14.8 Å². The van der Waals surface area contributed by atoms with E-state index in [4.69, 9.17) is 9.47 Å². The molecular weight excluding hydrogens is 360 g/mol. The summed E-state index contributed by atoms with van der Waals surface area (Å²) < 4.78 is 10.8. The molecule has 1 saturated heterocycles. The molecule has 1 aromatic carbocycles. The number of carbonyl (C=O) groups is 1. The number of hydrogen-bond acceptors (Lipinski definition) is 5. The van der Waals surface area contributed by atoms with Gasteiger partial charge in [-0.15, -0.1) is 0 Å². The molecule has 0 unspecified atom stereocenters. The van der Waals surface area contributed by atoms with Crippen LogP contribution in [-0.4, -0.2) is 44.2 Å². The van der Waals surface area contributed by atoms with Crippen LogP contribution in [-0.2, 0) is 4.79 Å². The maximum atomic E-state index is 12.3. The van der Waals surface area contributed by atoms with Gasteiger partial charge >= 0.3 is 0 Å². The lowest BCUT2D eigenvalue weighted by Crippen LogP contribution is -2.40. The van der Waals surface area contributed by atoms with Crippen LogP contribution in [0.3, 0.4) is 0 Å². The molecule has 27 heavy (non-hydrogen) atoms. The van der Waals surface area contributed by atoms with Crippen molar-refractivity contribution in [2.45, 2.75) is 31.7 Å². The van der Waals surface area contributed by atoms with Crippen molar-refractivity contribution in [1.82, 2.24) is 10.2 Å². The fraction of sp³-hybridized carbons (Fsp3) is 0.476. The Kier molecular flexibility index (Phi) is 7.54. The van der Waals surface area contributed by atoms with Gasteiger partial charge in [0, 0.05) is 12.6 Å². The van der Waals surface area contributed by atoms with Crippen molar-refractivity contribution < 1.29 is 14.3 Å². The fourth-order valence-electron chi connectivity index (χ4n) is 3.43. The van der Waals surface area contributed by atoms with Gasteiger partial charge in [0.1, 0.15) is 11.5 Å². The van der Waals surface area contributed by atoms with Crippen LogP contribution in [0.15, 0.2) is 41.1 Å².